The summed E-state index contributed by atoms with van der Waals surface area (Å²) in [6, 6.07) is 7.25. The third kappa shape index (κ3) is 4.05. The third-order valence-corrected chi connectivity index (χ3v) is 6.26. The summed E-state index contributed by atoms with van der Waals surface area (Å²) >= 11 is 0. The molecule has 1 aromatic carbocycles. The molecule has 28 heavy (non-hydrogen) atoms. The number of hydrogen-bond acceptors (Lipinski definition) is 5. The number of likely N-dealkylation sites (tertiary alicyclic amines) is 2. The number of hydrogen-bond donors (Lipinski definition) is 0. The molecule has 0 aromatic heterocycles. The van der Waals surface area contributed by atoms with Crippen molar-refractivity contribution in [3.8, 4) is 0 Å². The fraction of sp³-hybridized carbons (Fsp3) is 0.619. The molecule has 1 unspecified atom stereocenters. The summed E-state index contributed by atoms with van der Waals surface area (Å²) in [5.74, 6) is -0.185. The molecule has 0 radical (unpaired) electrons. The second-order valence-electron chi connectivity index (χ2n) is 8.57. The first-order valence-electron chi connectivity index (χ1n) is 10.1. The lowest BCUT2D eigenvalue weighted by Crippen LogP contribution is -2.47. The highest BCUT2D eigenvalue weighted by Crippen LogP contribution is 2.35. The highest BCUT2D eigenvalue weighted by atomic mass is 19.1. The van der Waals surface area contributed by atoms with Gasteiger partial charge < -0.3 is 14.6 Å². The number of piperidine rings is 1. The Morgan fingerprint density at radius 1 is 1.32 bits per heavy atom. The van der Waals surface area contributed by atoms with E-state index < -0.39 is 5.60 Å². The number of benzene rings is 1. The Bertz CT molecular complexity index is 761. The van der Waals surface area contributed by atoms with Crippen molar-refractivity contribution in [2.75, 3.05) is 40.3 Å². The van der Waals surface area contributed by atoms with Gasteiger partial charge in [0.05, 0.1) is 0 Å². The molecule has 3 heterocycles. The largest absolute Gasteiger partial charge is 0.387 e. The number of halogens is 1. The molecule has 1 amide bonds. The number of oxime groups is 1. The SMILES string of the molecule is CN(C)C1CCN(C(=O)C2=NOC3(CCN(Cc4cccc(F)c4)C3)C2)CC1. The summed E-state index contributed by atoms with van der Waals surface area (Å²) in [6.45, 7) is 3.82. The van der Waals surface area contributed by atoms with Crippen LogP contribution < -0.4 is 0 Å². The molecule has 6 nitrogen and oxygen atoms in total. The van der Waals surface area contributed by atoms with Gasteiger partial charge in [-0.2, -0.15) is 0 Å². The molecule has 1 spiro atoms. The van der Waals surface area contributed by atoms with Crippen LogP contribution in [-0.4, -0.2) is 78.2 Å². The van der Waals surface area contributed by atoms with Gasteiger partial charge in [-0.15, -0.1) is 0 Å². The quantitative estimate of drug-likeness (QED) is 0.793. The molecule has 0 bridgehead atoms. The zero-order chi connectivity index (χ0) is 19.7. The molecule has 3 aliphatic rings. The Kier molecular flexibility index (Phi) is 5.38. The lowest BCUT2D eigenvalue weighted by Gasteiger charge is -2.35. The second-order valence-corrected chi connectivity index (χ2v) is 8.57. The van der Waals surface area contributed by atoms with E-state index in [4.69, 9.17) is 4.84 Å². The molecule has 3 aliphatic heterocycles. The highest BCUT2D eigenvalue weighted by Gasteiger charge is 2.47. The minimum Gasteiger partial charge on any atom is -0.387 e. The van der Waals surface area contributed by atoms with Gasteiger partial charge in [-0.1, -0.05) is 17.3 Å². The van der Waals surface area contributed by atoms with E-state index in [0.717, 1.165) is 44.5 Å². The van der Waals surface area contributed by atoms with Crippen LogP contribution in [0.3, 0.4) is 0 Å². The van der Waals surface area contributed by atoms with Crippen molar-refractivity contribution in [1.82, 2.24) is 14.7 Å². The summed E-state index contributed by atoms with van der Waals surface area (Å²) < 4.78 is 13.4. The summed E-state index contributed by atoms with van der Waals surface area (Å²) in [5, 5.41) is 4.18. The van der Waals surface area contributed by atoms with Crippen molar-refractivity contribution < 1.29 is 14.0 Å². The van der Waals surface area contributed by atoms with Gasteiger partial charge in [-0.3, -0.25) is 9.69 Å². The van der Waals surface area contributed by atoms with E-state index in [1.165, 1.54) is 6.07 Å². The van der Waals surface area contributed by atoms with Crippen molar-refractivity contribution >= 4 is 11.6 Å². The standard InChI is InChI=1S/C21H29FN4O2/c1-24(2)18-6-9-26(10-7-18)20(27)19-13-21(28-23-19)8-11-25(15-21)14-16-4-3-5-17(22)12-16/h3-5,12,18H,6-11,13-15H2,1-2H3. The molecule has 0 saturated carbocycles. The second kappa shape index (κ2) is 7.79. The van der Waals surface area contributed by atoms with Gasteiger partial charge in [-0.05, 0) is 44.6 Å². The minimum atomic E-state index is -0.403. The zero-order valence-corrected chi connectivity index (χ0v) is 16.7. The normalized spacial score (nSPS) is 26.1. The number of amides is 1. The summed E-state index contributed by atoms with van der Waals surface area (Å²) in [4.78, 5) is 25.1. The maximum Gasteiger partial charge on any atom is 0.271 e. The van der Waals surface area contributed by atoms with Gasteiger partial charge in [0.2, 0.25) is 0 Å². The lowest BCUT2D eigenvalue weighted by atomic mass is 9.95. The molecular weight excluding hydrogens is 359 g/mol. The van der Waals surface area contributed by atoms with Crippen molar-refractivity contribution in [3.63, 3.8) is 0 Å². The maximum atomic E-state index is 13.4. The van der Waals surface area contributed by atoms with E-state index in [9.17, 15) is 9.18 Å². The Hall–Kier alpha value is -1.99. The van der Waals surface area contributed by atoms with Crippen LogP contribution in [-0.2, 0) is 16.2 Å². The van der Waals surface area contributed by atoms with Crippen LogP contribution in [0.15, 0.2) is 29.4 Å². The van der Waals surface area contributed by atoms with Crippen molar-refractivity contribution in [2.45, 2.75) is 43.9 Å². The zero-order valence-electron chi connectivity index (χ0n) is 16.7. The maximum absolute atomic E-state index is 13.4. The third-order valence-electron chi connectivity index (χ3n) is 6.26. The van der Waals surface area contributed by atoms with Gasteiger partial charge in [0, 0.05) is 51.6 Å². The van der Waals surface area contributed by atoms with Crippen molar-refractivity contribution in [1.29, 1.82) is 0 Å². The van der Waals surface area contributed by atoms with Gasteiger partial charge >= 0.3 is 0 Å². The number of nitrogens with zero attached hydrogens (tertiary/aromatic N) is 4. The number of rotatable bonds is 4. The smallest absolute Gasteiger partial charge is 0.271 e. The van der Waals surface area contributed by atoms with E-state index in [1.54, 1.807) is 12.1 Å². The molecule has 7 heteroatoms. The fourth-order valence-corrected chi connectivity index (χ4v) is 4.58. The Balaban J connectivity index is 1.30. The van der Waals surface area contributed by atoms with Crippen LogP contribution in [0.25, 0.3) is 0 Å². The van der Waals surface area contributed by atoms with Crippen LogP contribution >= 0.6 is 0 Å². The Morgan fingerprint density at radius 2 is 2.11 bits per heavy atom. The van der Waals surface area contributed by atoms with E-state index in [1.807, 2.05) is 11.0 Å². The molecule has 0 N–H and O–H groups in total. The number of carbonyl (C=O) groups excluding carboxylic acids is 1. The average Bonchev–Trinajstić information content (AvgIpc) is 3.28. The van der Waals surface area contributed by atoms with E-state index in [-0.39, 0.29) is 11.7 Å². The highest BCUT2D eigenvalue weighted by molar-refractivity contribution is 6.39. The van der Waals surface area contributed by atoms with Gasteiger partial charge in [0.1, 0.15) is 11.5 Å². The molecule has 2 fully saturated rings. The molecule has 1 atom stereocenters. The van der Waals surface area contributed by atoms with Crippen LogP contribution in [0.1, 0.15) is 31.2 Å². The first-order valence-corrected chi connectivity index (χ1v) is 10.1. The molecule has 152 valence electrons. The van der Waals surface area contributed by atoms with Crippen LogP contribution in [0.5, 0.6) is 0 Å². The van der Waals surface area contributed by atoms with E-state index >= 15 is 0 Å². The van der Waals surface area contributed by atoms with Crippen LogP contribution in [0, 0.1) is 5.82 Å². The van der Waals surface area contributed by atoms with Crippen LogP contribution in [0.2, 0.25) is 0 Å². The Morgan fingerprint density at radius 3 is 2.82 bits per heavy atom. The first kappa shape index (κ1) is 19.3. The number of carbonyl (C=O) groups is 1. The Labute approximate surface area is 165 Å². The van der Waals surface area contributed by atoms with Crippen molar-refractivity contribution in [3.05, 3.63) is 35.6 Å². The van der Waals surface area contributed by atoms with Gasteiger partial charge in [-0.25, -0.2) is 4.39 Å². The van der Waals surface area contributed by atoms with Gasteiger partial charge in [0.25, 0.3) is 5.91 Å². The molecular formula is C21H29FN4O2. The fourth-order valence-electron chi connectivity index (χ4n) is 4.58. The predicted octanol–water partition coefficient (Wildman–Crippen LogP) is 2.10. The molecule has 4 rings (SSSR count). The molecule has 2 saturated heterocycles. The average molecular weight is 388 g/mol. The lowest BCUT2D eigenvalue weighted by molar-refractivity contribution is -0.125. The van der Waals surface area contributed by atoms with Gasteiger partial charge in [0.15, 0.2) is 5.60 Å². The van der Waals surface area contributed by atoms with E-state index in [2.05, 4.69) is 29.1 Å². The minimum absolute atomic E-state index is 0.0256. The molecule has 1 aromatic rings. The topological polar surface area (TPSA) is 48.4 Å². The van der Waals surface area contributed by atoms with Crippen LogP contribution in [0.4, 0.5) is 4.39 Å². The summed E-state index contributed by atoms with van der Waals surface area (Å²) in [6.07, 6.45) is 3.41. The monoisotopic (exact) mass is 388 g/mol. The van der Waals surface area contributed by atoms with Crippen molar-refractivity contribution in [2.24, 2.45) is 5.16 Å². The first-order chi connectivity index (χ1) is 13.4. The summed E-state index contributed by atoms with van der Waals surface area (Å²) in [7, 11) is 4.19. The summed E-state index contributed by atoms with van der Waals surface area (Å²) in [5.41, 5.74) is 1.10. The van der Waals surface area contributed by atoms with E-state index in [0.29, 0.717) is 31.3 Å². The predicted molar refractivity (Wildman–Crippen MR) is 105 cm³/mol. The molecule has 0 aliphatic carbocycles.